The first-order valence-corrected chi connectivity index (χ1v) is 7.46. The van der Waals surface area contributed by atoms with E-state index in [0.717, 1.165) is 27.8 Å². The van der Waals surface area contributed by atoms with Crippen molar-refractivity contribution in [1.29, 1.82) is 0 Å². The molecule has 1 unspecified atom stereocenters. The fourth-order valence-electron chi connectivity index (χ4n) is 1.96. The van der Waals surface area contributed by atoms with Crippen molar-refractivity contribution in [1.82, 2.24) is 4.98 Å². The van der Waals surface area contributed by atoms with E-state index in [4.69, 9.17) is 10.5 Å². The lowest BCUT2D eigenvalue weighted by atomic mass is 9.87. The van der Waals surface area contributed by atoms with Crippen molar-refractivity contribution in [3.63, 3.8) is 0 Å². The molecule has 0 spiro atoms. The first kappa shape index (κ1) is 15.0. The number of aromatic nitrogens is 1. The minimum Gasteiger partial charge on any atom is -0.492 e. The van der Waals surface area contributed by atoms with Gasteiger partial charge < -0.3 is 10.5 Å². The Morgan fingerprint density at radius 1 is 1.20 bits per heavy atom. The fraction of sp³-hybridized carbons (Fsp3) is 0.312. The van der Waals surface area contributed by atoms with Gasteiger partial charge in [0.25, 0.3) is 0 Å². The van der Waals surface area contributed by atoms with Crippen molar-refractivity contribution in [3.05, 3.63) is 58.3 Å². The van der Waals surface area contributed by atoms with Crippen molar-refractivity contribution in [3.8, 4) is 5.75 Å². The molecule has 0 aliphatic heterocycles. The van der Waals surface area contributed by atoms with Gasteiger partial charge in [-0.05, 0) is 42.7 Å². The van der Waals surface area contributed by atoms with Crippen molar-refractivity contribution >= 4 is 15.9 Å². The third kappa shape index (κ3) is 3.38. The second-order valence-electron chi connectivity index (χ2n) is 4.97. The van der Waals surface area contributed by atoms with Crippen LogP contribution in [0.5, 0.6) is 5.75 Å². The smallest absolute Gasteiger partial charge is 0.137 e. The van der Waals surface area contributed by atoms with Gasteiger partial charge in [0.05, 0.1) is 18.3 Å². The van der Waals surface area contributed by atoms with E-state index in [1.165, 1.54) is 0 Å². The molecule has 4 heteroatoms. The average molecular weight is 335 g/mol. The lowest BCUT2D eigenvalue weighted by molar-refractivity contribution is 0.315. The summed E-state index contributed by atoms with van der Waals surface area (Å²) in [5.41, 5.74) is 7.87. The van der Waals surface area contributed by atoms with Gasteiger partial charge in [0.1, 0.15) is 5.75 Å². The van der Waals surface area contributed by atoms with Crippen LogP contribution in [0.3, 0.4) is 0 Å². The molecule has 0 saturated heterocycles. The molecule has 0 bridgehead atoms. The monoisotopic (exact) mass is 334 g/mol. The van der Waals surface area contributed by atoms with Crippen LogP contribution < -0.4 is 10.5 Å². The molecule has 2 rings (SSSR count). The topological polar surface area (TPSA) is 48.1 Å². The van der Waals surface area contributed by atoms with Gasteiger partial charge in [-0.15, -0.1) is 0 Å². The number of pyridine rings is 1. The summed E-state index contributed by atoms with van der Waals surface area (Å²) in [5, 5.41) is 0. The summed E-state index contributed by atoms with van der Waals surface area (Å²) >= 11 is 3.44. The highest BCUT2D eigenvalue weighted by atomic mass is 79.9. The molecule has 0 radical (unpaired) electrons. The van der Waals surface area contributed by atoms with E-state index in [2.05, 4.69) is 27.8 Å². The van der Waals surface area contributed by atoms with Gasteiger partial charge in [-0.2, -0.15) is 0 Å². The van der Waals surface area contributed by atoms with Crippen molar-refractivity contribution in [2.75, 3.05) is 6.61 Å². The van der Waals surface area contributed by atoms with E-state index in [1.807, 2.05) is 37.3 Å². The molecule has 1 heterocycles. The molecule has 1 aromatic carbocycles. The molecule has 106 valence electrons. The highest BCUT2D eigenvalue weighted by molar-refractivity contribution is 9.10. The van der Waals surface area contributed by atoms with Crippen LogP contribution in [0.25, 0.3) is 0 Å². The maximum absolute atomic E-state index is 6.50. The van der Waals surface area contributed by atoms with Crippen LogP contribution in [0.2, 0.25) is 0 Å². The van der Waals surface area contributed by atoms with Gasteiger partial charge in [-0.1, -0.05) is 35.0 Å². The molecule has 3 nitrogen and oxygen atoms in total. The molecular weight excluding hydrogens is 316 g/mol. The number of benzene rings is 1. The summed E-state index contributed by atoms with van der Waals surface area (Å²) in [6.45, 7) is 4.74. The highest BCUT2D eigenvalue weighted by Crippen LogP contribution is 2.29. The number of rotatable bonds is 5. The van der Waals surface area contributed by atoms with Crippen LogP contribution in [0.15, 0.2) is 47.2 Å². The lowest BCUT2D eigenvalue weighted by Gasteiger charge is -2.26. The van der Waals surface area contributed by atoms with Crippen molar-refractivity contribution < 1.29 is 4.74 Å². The van der Waals surface area contributed by atoms with E-state index in [-0.39, 0.29) is 0 Å². The molecule has 0 saturated carbocycles. The quantitative estimate of drug-likeness (QED) is 0.903. The Balaban J connectivity index is 2.30. The van der Waals surface area contributed by atoms with Gasteiger partial charge in [-0.25, -0.2) is 0 Å². The largest absolute Gasteiger partial charge is 0.492 e. The Labute approximate surface area is 128 Å². The van der Waals surface area contributed by atoms with Crippen molar-refractivity contribution in [2.45, 2.75) is 25.8 Å². The van der Waals surface area contributed by atoms with E-state index in [1.54, 1.807) is 12.4 Å². The number of halogens is 1. The SMILES string of the molecule is CCCOc1cncc(C(C)(N)c2ccc(Br)cc2)c1. The average Bonchev–Trinajstić information content (AvgIpc) is 2.46. The van der Waals surface area contributed by atoms with Gasteiger partial charge in [0, 0.05) is 10.7 Å². The van der Waals surface area contributed by atoms with Gasteiger partial charge in [0.15, 0.2) is 0 Å². The van der Waals surface area contributed by atoms with Crippen LogP contribution in [-0.2, 0) is 5.54 Å². The summed E-state index contributed by atoms with van der Waals surface area (Å²) in [6, 6.07) is 9.98. The van der Waals surface area contributed by atoms with Gasteiger partial charge in [0.2, 0.25) is 0 Å². The predicted molar refractivity (Wildman–Crippen MR) is 84.8 cm³/mol. The molecule has 2 N–H and O–H groups in total. The molecule has 2 aromatic rings. The zero-order valence-corrected chi connectivity index (χ0v) is 13.4. The van der Waals surface area contributed by atoms with Crippen LogP contribution in [0, 0.1) is 0 Å². The Kier molecular flexibility index (Phi) is 4.78. The molecule has 20 heavy (non-hydrogen) atoms. The molecule has 0 amide bonds. The fourth-order valence-corrected chi connectivity index (χ4v) is 2.23. The number of ether oxygens (including phenoxy) is 1. The predicted octanol–water partition coefficient (Wildman–Crippen LogP) is 3.86. The third-order valence-electron chi connectivity index (χ3n) is 3.23. The summed E-state index contributed by atoms with van der Waals surface area (Å²) in [7, 11) is 0. The van der Waals surface area contributed by atoms with E-state index >= 15 is 0 Å². The van der Waals surface area contributed by atoms with Crippen LogP contribution >= 0.6 is 15.9 Å². The minimum atomic E-state index is -0.598. The number of nitrogens with two attached hydrogens (primary N) is 1. The van der Waals surface area contributed by atoms with E-state index in [0.29, 0.717) is 6.61 Å². The summed E-state index contributed by atoms with van der Waals surface area (Å²) in [6.07, 6.45) is 4.48. The Bertz CT molecular complexity index is 567. The first-order valence-electron chi connectivity index (χ1n) is 6.67. The number of nitrogens with zero attached hydrogens (tertiary/aromatic N) is 1. The summed E-state index contributed by atoms with van der Waals surface area (Å²) in [5.74, 6) is 0.762. The molecule has 1 aromatic heterocycles. The Morgan fingerprint density at radius 3 is 2.55 bits per heavy atom. The van der Waals surface area contributed by atoms with Crippen LogP contribution in [0.4, 0.5) is 0 Å². The lowest BCUT2D eigenvalue weighted by Crippen LogP contribution is -2.34. The third-order valence-corrected chi connectivity index (χ3v) is 3.76. The van der Waals surface area contributed by atoms with Crippen LogP contribution in [0.1, 0.15) is 31.4 Å². The molecule has 0 fully saturated rings. The Hall–Kier alpha value is -1.39. The first-order chi connectivity index (χ1) is 9.54. The molecule has 1 atom stereocenters. The second-order valence-corrected chi connectivity index (χ2v) is 5.88. The van der Waals surface area contributed by atoms with E-state index in [9.17, 15) is 0 Å². The number of hydrogen-bond acceptors (Lipinski definition) is 3. The molecular formula is C16H19BrN2O. The van der Waals surface area contributed by atoms with Crippen molar-refractivity contribution in [2.24, 2.45) is 5.73 Å². The highest BCUT2D eigenvalue weighted by Gasteiger charge is 2.24. The van der Waals surface area contributed by atoms with Gasteiger partial charge >= 0.3 is 0 Å². The maximum Gasteiger partial charge on any atom is 0.137 e. The Morgan fingerprint density at radius 2 is 1.90 bits per heavy atom. The van der Waals surface area contributed by atoms with E-state index < -0.39 is 5.54 Å². The second kappa shape index (κ2) is 6.37. The zero-order valence-electron chi connectivity index (χ0n) is 11.8. The standard InChI is InChI=1S/C16H19BrN2O/c1-3-8-20-15-9-13(10-19-11-15)16(2,18)12-4-6-14(17)7-5-12/h4-7,9-11H,3,8,18H2,1-2H3. The molecule has 0 aliphatic carbocycles. The summed E-state index contributed by atoms with van der Waals surface area (Å²) < 4.78 is 6.66. The number of hydrogen-bond donors (Lipinski definition) is 1. The zero-order chi connectivity index (χ0) is 14.6. The normalized spacial score (nSPS) is 13.8. The molecule has 0 aliphatic rings. The summed E-state index contributed by atoms with van der Waals surface area (Å²) in [4.78, 5) is 4.23. The minimum absolute atomic E-state index is 0.598. The van der Waals surface area contributed by atoms with Crippen LogP contribution in [-0.4, -0.2) is 11.6 Å². The maximum atomic E-state index is 6.50. The van der Waals surface area contributed by atoms with Gasteiger partial charge in [-0.3, -0.25) is 4.98 Å².